The average molecular weight is 308 g/mol. The first-order valence-corrected chi connectivity index (χ1v) is 9.17. The average Bonchev–Trinajstić information content (AvgIpc) is 3.07. The molecule has 0 bridgehead atoms. The minimum Gasteiger partial charge on any atom is -0.382 e. The Morgan fingerprint density at radius 3 is 2.76 bits per heavy atom. The maximum absolute atomic E-state index is 12.2. The second kappa shape index (κ2) is 4.61. The van der Waals surface area contributed by atoms with Crippen molar-refractivity contribution in [2.45, 2.75) is 31.7 Å². The van der Waals surface area contributed by atoms with Crippen molar-refractivity contribution in [2.75, 3.05) is 18.8 Å². The fraction of sp³-hybridized carbons (Fsp3) is 0.600. The molecule has 4 rings (SSSR count). The number of fused-ring (bicyclic) bond motifs is 2. The number of hydrogen-bond acceptors (Lipinski definition) is 4. The predicted molar refractivity (Wildman–Crippen MR) is 80.1 cm³/mol. The molecule has 3 heterocycles. The Labute approximate surface area is 125 Å². The van der Waals surface area contributed by atoms with Gasteiger partial charge in [-0.25, -0.2) is 0 Å². The highest BCUT2D eigenvalue weighted by atomic mass is 32.2. The van der Waals surface area contributed by atoms with Gasteiger partial charge >= 0.3 is 10.1 Å². The summed E-state index contributed by atoms with van der Waals surface area (Å²) in [5.41, 5.74) is 3.32. The van der Waals surface area contributed by atoms with E-state index in [0.29, 0.717) is 5.76 Å². The second-order valence-electron chi connectivity index (χ2n) is 6.21. The molecule has 0 spiro atoms. The minimum atomic E-state index is -3.48. The van der Waals surface area contributed by atoms with Gasteiger partial charge in [-0.05, 0) is 50.4 Å². The summed E-state index contributed by atoms with van der Waals surface area (Å²) in [6.07, 6.45) is 6.17. The molecule has 3 aliphatic rings. The van der Waals surface area contributed by atoms with Crippen LogP contribution in [0, 0.1) is 0 Å². The van der Waals surface area contributed by atoms with Gasteiger partial charge in [-0.1, -0.05) is 0 Å². The second-order valence-corrected chi connectivity index (χ2v) is 7.82. The molecule has 0 radical (unpaired) electrons. The molecule has 1 fully saturated rings. The zero-order valence-electron chi connectivity index (χ0n) is 12.2. The number of likely N-dealkylation sites (tertiary alicyclic amines) is 1. The van der Waals surface area contributed by atoms with E-state index in [0.717, 1.165) is 44.3 Å². The summed E-state index contributed by atoms with van der Waals surface area (Å²) < 4.78 is 31.9. The Morgan fingerprint density at radius 1 is 1.24 bits per heavy atom. The van der Waals surface area contributed by atoms with Crippen LogP contribution in [-0.4, -0.2) is 42.8 Å². The summed E-state index contributed by atoms with van der Waals surface area (Å²) >= 11 is 0. The van der Waals surface area contributed by atoms with Gasteiger partial charge in [-0.3, -0.25) is 4.90 Å². The smallest absolute Gasteiger partial charge is 0.311 e. The number of nitrogens with zero attached hydrogens (tertiary/aromatic N) is 2. The van der Waals surface area contributed by atoms with Crippen LogP contribution in [0.4, 0.5) is 0 Å². The molecule has 0 aromatic carbocycles. The van der Waals surface area contributed by atoms with Crippen molar-refractivity contribution < 1.29 is 12.6 Å². The number of aromatic nitrogens is 1. The lowest BCUT2D eigenvalue weighted by molar-refractivity contribution is 0.270. The molecule has 1 atom stereocenters. The molecule has 0 amide bonds. The summed E-state index contributed by atoms with van der Waals surface area (Å²) in [6, 6.07) is 1.99. The maximum Gasteiger partial charge on any atom is 0.311 e. The fourth-order valence-electron chi connectivity index (χ4n) is 3.87. The van der Waals surface area contributed by atoms with E-state index < -0.39 is 10.1 Å². The van der Waals surface area contributed by atoms with Crippen LogP contribution in [0.3, 0.4) is 0 Å². The third-order valence-electron chi connectivity index (χ3n) is 4.92. The van der Waals surface area contributed by atoms with Crippen molar-refractivity contribution >= 4 is 15.9 Å². The van der Waals surface area contributed by atoms with Gasteiger partial charge in [0, 0.05) is 24.5 Å². The Balaban J connectivity index is 1.83. The van der Waals surface area contributed by atoms with Gasteiger partial charge in [0.25, 0.3) is 0 Å². The normalized spacial score (nSPS) is 28.1. The summed E-state index contributed by atoms with van der Waals surface area (Å²) in [6.45, 7) is 2.00. The highest BCUT2D eigenvalue weighted by Crippen LogP contribution is 2.40. The van der Waals surface area contributed by atoms with Crippen molar-refractivity contribution in [2.24, 2.45) is 7.05 Å². The van der Waals surface area contributed by atoms with Crippen LogP contribution in [-0.2, 0) is 27.8 Å². The molecule has 1 aromatic rings. The molecule has 114 valence electrons. The summed E-state index contributed by atoms with van der Waals surface area (Å²) in [5, 5.41) is 0. The highest BCUT2D eigenvalue weighted by molar-refractivity contribution is 7.87. The molecule has 5 nitrogen and oxygen atoms in total. The molecular formula is C15H20N2O3S. The summed E-state index contributed by atoms with van der Waals surface area (Å²) in [4.78, 5) is 2.32. The lowest BCUT2D eigenvalue weighted by Crippen LogP contribution is -2.44. The number of hydrogen-bond donors (Lipinski definition) is 0. The van der Waals surface area contributed by atoms with Crippen molar-refractivity contribution in [3.8, 4) is 0 Å². The summed E-state index contributed by atoms with van der Waals surface area (Å²) in [7, 11) is -1.48. The van der Waals surface area contributed by atoms with E-state index >= 15 is 0 Å². The van der Waals surface area contributed by atoms with Crippen LogP contribution in [0.15, 0.2) is 17.8 Å². The quantitative estimate of drug-likeness (QED) is 0.738. The molecule has 6 heteroatoms. The van der Waals surface area contributed by atoms with Gasteiger partial charge in [-0.2, -0.15) is 8.42 Å². The fourth-order valence-corrected chi connectivity index (χ4v) is 5.19. The lowest BCUT2D eigenvalue weighted by Gasteiger charge is -2.36. The standard InChI is InChI=1S/C15H20N2O3S/c1-16-9-6-12-13(16)5-4-11-14(17-7-2-3-8-17)10-21(18,19)20-15(11)12/h6,9,14H,2-5,7-8,10H2,1H3. The van der Waals surface area contributed by atoms with Crippen molar-refractivity contribution in [3.05, 3.63) is 29.1 Å². The first-order valence-electron chi connectivity index (χ1n) is 7.59. The highest BCUT2D eigenvalue weighted by Gasteiger charge is 2.40. The van der Waals surface area contributed by atoms with Gasteiger partial charge in [-0.15, -0.1) is 0 Å². The predicted octanol–water partition coefficient (Wildman–Crippen LogP) is 1.51. The van der Waals surface area contributed by atoms with E-state index in [1.54, 1.807) is 0 Å². The molecule has 0 saturated carbocycles. The monoisotopic (exact) mass is 308 g/mol. The SMILES string of the molecule is Cn1ccc2c1CCC1=C2OS(=O)(=O)CC1N1CCCC1. The van der Waals surface area contributed by atoms with Gasteiger partial charge in [0.1, 0.15) is 5.75 Å². The number of rotatable bonds is 1. The Kier molecular flexibility index (Phi) is 2.94. The molecule has 1 saturated heterocycles. The molecule has 1 aliphatic carbocycles. The third-order valence-corrected chi connectivity index (χ3v) is 6.07. The van der Waals surface area contributed by atoms with Gasteiger partial charge in [0.15, 0.2) is 5.76 Å². The lowest BCUT2D eigenvalue weighted by atomic mass is 9.90. The molecule has 1 unspecified atom stereocenters. The van der Waals surface area contributed by atoms with Crippen LogP contribution >= 0.6 is 0 Å². The van der Waals surface area contributed by atoms with E-state index in [1.165, 1.54) is 11.3 Å². The molecule has 2 aliphatic heterocycles. The van der Waals surface area contributed by atoms with Crippen LogP contribution in [0.1, 0.15) is 30.5 Å². The van der Waals surface area contributed by atoms with Crippen molar-refractivity contribution in [1.29, 1.82) is 0 Å². The maximum atomic E-state index is 12.2. The van der Waals surface area contributed by atoms with Crippen LogP contribution in [0.25, 0.3) is 5.76 Å². The zero-order chi connectivity index (χ0) is 14.6. The zero-order valence-corrected chi connectivity index (χ0v) is 13.0. The number of aryl methyl sites for hydroxylation is 1. The van der Waals surface area contributed by atoms with Crippen LogP contribution < -0.4 is 0 Å². The Bertz CT molecular complexity index is 711. The topological polar surface area (TPSA) is 51.5 Å². The van der Waals surface area contributed by atoms with Crippen LogP contribution in [0.5, 0.6) is 0 Å². The Morgan fingerprint density at radius 2 is 2.00 bits per heavy atom. The molecule has 21 heavy (non-hydrogen) atoms. The largest absolute Gasteiger partial charge is 0.382 e. The van der Waals surface area contributed by atoms with Crippen molar-refractivity contribution in [3.63, 3.8) is 0 Å². The molecular weight excluding hydrogens is 288 g/mol. The molecule has 1 aromatic heterocycles. The van der Waals surface area contributed by atoms with E-state index in [9.17, 15) is 8.42 Å². The van der Waals surface area contributed by atoms with E-state index in [-0.39, 0.29) is 11.8 Å². The summed E-state index contributed by atoms with van der Waals surface area (Å²) in [5.74, 6) is 0.716. The van der Waals surface area contributed by atoms with E-state index in [2.05, 4.69) is 9.47 Å². The minimum absolute atomic E-state index is 0.00889. The third kappa shape index (κ3) is 2.12. The first kappa shape index (κ1) is 13.4. The Hall–Kier alpha value is -1.27. The van der Waals surface area contributed by atoms with Gasteiger partial charge in [0.2, 0.25) is 0 Å². The van der Waals surface area contributed by atoms with E-state index in [4.69, 9.17) is 4.18 Å². The van der Waals surface area contributed by atoms with Gasteiger partial charge in [0.05, 0.1) is 6.04 Å². The van der Waals surface area contributed by atoms with Crippen LogP contribution in [0.2, 0.25) is 0 Å². The van der Waals surface area contributed by atoms with Crippen molar-refractivity contribution in [1.82, 2.24) is 9.47 Å². The van der Waals surface area contributed by atoms with Gasteiger partial charge < -0.3 is 8.75 Å². The first-order chi connectivity index (χ1) is 10.1. The van der Waals surface area contributed by atoms with E-state index in [1.807, 2.05) is 19.3 Å². The molecule has 0 N–H and O–H groups in total.